The van der Waals surface area contributed by atoms with Crippen molar-refractivity contribution in [1.29, 1.82) is 0 Å². The number of aromatic nitrogens is 2. The van der Waals surface area contributed by atoms with Crippen LogP contribution < -0.4 is 10.6 Å². The van der Waals surface area contributed by atoms with Gasteiger partial charge in [0.25, 0.3) is 11.8 Å². The molecule has 1 aromatic carbocycles. The van der Waals surface area contributed by atoms with E-state index in [1.807, 2.05) is 5.38 Å². The van der Waals surface area contributed by atoms with E-state index in [2.05, 4.69) is 34.7 Å². The maximum absolute atomic E-state index is 12.6. The minimum atomic E-state index is -0.337. The van der Waals surface area contributed by atoms with E-state index in [-0.39, 0.29) is 11.8 Å². The maximum Gasteiger partial charge on any atom is 0.265 e. The number of nitrogens with one attached hydrogen (secondary N) is 2. The van der Waals surface area contributed by atoms with E-state index in [1.54, 1.807) is 30.3 Å². The first-order valence-electron chi connectivity index (χ1n) is 8.81. The Kier molecular flexibility index (Phi) is 6.77. The molecule has 0 spiro atoms. The zero-order valence-electron chi connectivity index (χ0n) is 15.4. The van der Waals surface area contributed by atoms with Gasteiger partial charge in [0.1, 0.15) is 5.01 Å². The molecule has 146 valence electrons. The number of amides is 2. The van der Waals surface area contributed by atoms with Crippen molar-refractivity contribution < 1.29 is 9.59 Å². The van der Waals surface area contributed by atoms with Crippen LogP contribution in [-0.4, -0.2) is 22.0 Å². The summed E-state index contributed by atoms with van der Waals surface area (Å²) in [6.45, 7) is 4.21. The summed E-state index contributed by atoms with van der Waals surface area (Å²) in [7, 11) is 0. The van der Waals surface area contributed by atoms with Gasteiger partial charge in [0.05, 0.1) is 15.6 Å². The predicted octanol–water partition coefficient (Wildman–Crippen LogP) is 5.66. The van der Waals surface area contributed by atoms with Crippen LogP contribution in [0, 0.1) is 0 Å². The van der Waals surface area contributed by atoms with E-state index in [0.717, 1.165) is 17.8 Å². The van der Waals surface area contributed by atoms with Gasteiger partial charge in [-0.25, -0.2) is 0 Å². The lowest BCUT2D eigenvalue weighted by Crippen LogP contribution is -2.14. The topological polar surface area (TPSA) is 84.0 Å². The largest absolute Gasteiger partial charge is 0.320 e. The predicted molar refractivity (Wildman–Crippen MR) is 115 cm³/mol. The van der Waals surface area contributed by atoms with E-state index >= 15 is 0 Å². The molecule has 0 aliphatic carbocycles. The van der Waals surface area contributed by atoms with Gasteiger partial charge >= 0.3 is 0 Å². The van der Waals surface area contributed by atoms with Crippen LogP contribution in [0.3, 0.4) is 0 Å². The van der Waals surface area contributed by atoms with Crippen molar-refractivity contribution in [3.05, 3.63) is 56.2 Å². The second-order valence-electron chi connectivity index (χ2n) is 6.04. The lowest BCUT2D eigenvalue weighted by Gasteiger charge is -2.09. The van der Waals surface area contributed by atoms with Crippen LogP contribution in [0.1, 0.15) is 57.6 Å². The Morgan fingerprint density at radius 3 is 2.57 bits per heavy atom. The molecule has 2 aromatic heterocycles. The Morgan fingerprint density at radius 2 is 1.89 bits per heavy atom. The zero-order valence-corrected chi connectivity index (χ0v) is 17.7. The third kappa shape index (κ3) is 4.76. The molecule has 2 N–H and O–H groups in total. The Labute approximate surface area is 176 Å². The van der Waals surface area contributed by atoms with Crippen molar-refractivity contribution in [3.8, 4) is 0 Å². The first-order chi connectivity index (χ1) is 13.5. The number of hydrogen-bond acceptors (Lipinski definition) is 6. The lowest BCUT2D eigenvalue weighted by molar-refractivity contribution is 0.101. The Hall–Kier alpha value is -2.29. The van der Waals surface area contributed by atoms with Crippen molar-refractivity contribution in [2.45, 2.75) is 32.6 Å². The molecule has 0 atom stereocenters. The monoisotopic (exact) mass is 434 g/mol. The van der Waals surface area contributed by atoms with Gasteiger partial charge in [0, 0.05) is 11.5 Å². The number of carbonyl (C=O) groups is 2. The third-order valence-electron chi connectivity index (χ3n) is 4.22. The van der Waals surface area contributed by atoms with E-state index < -0.39 is 0 Å². The highest BCUT2D eigenvalue weighted by Gasteiger charge is 2.17. The highest BCUT2D eigenvalue weighted by atomic mass is 35.5. The number of thiophene rings is 1. The van der Waals surface area contributed by atoms with Gasteiger partial charge in [-0.1, -0.05) is 42.9 Å². The summed E-state index contributed by atoms with van der Waals surface area (Å²) < 4.78 is 0. The molecule has 0 saturated heterocycles. The Balaban J connectivity index is 1.73. The van der Waals surface area contributed by atoms with Gasteiger partial charge in [0.2, 0.25) is 5.13 Å². The minimum absolute atomic E-state index is 0.270. The average Bonchev–Trinajstić information content (AvgIpc) is 3.37. The molecule has 3 rings (SSSR count). The molecule has 0 aliphatic heterocycles. The molecule has 0 unspecified atom stereocenters. The summed E-state index contributed by atoms with van der Waals surface area (Å²) >= 11 is 8.88. The molecular weight excluding hydrogens is 416 g/mol. The van der Waals surface area contributed by atoms with Crippen LogP contribution in [0.15, 0.2) is 35.7 Å². The normalized spacial score (nSPS) is 10.9. The number of hydrogen-bond donors (Lipinski definition) is 2. The molecule has 0 saturated carbocycles. The third-order valence-corrected chi connectivity index (χ3v) is 6.42. The van der Waals surface area contributed by atoms with Gasteiger partial charge in [-0.15, -0.1) is 21.5 Å². The minimum Gasteiger partial charge on any atom is -0.320 e. The quantitative estimate of drug-likeness (QED) is 0.502. The highest BCUT2D eigenvalue weighted by molar-refractivity contribution is 7.15. The molecule has 0 aliphatic rings. The summed E-state index contributed by atoms with van der Waals surface area (Å²) in [5, 5.41) is 17.3. The second kappa shape index (κ2) is 9.27. The standard InChI is InChI=1S/C19H19ClN4O2S2/c1-3-11(4-2)18-23-24-19(28-18)22-16(25)12-7-8-13(20)14(10-12)21-17(26)15-6-5-9-27-15/h5-11H,3-4H2,1-2H3,(H,21,26)(H,22,24,25). The number of nitrogens with zero attached hydrogens (tertiary/aromatic N) is 2. The summed E-state index contributed by atoms with van der Waals surface area (Å²) in [6, 6.07) is 8.24. The van der Waals surface area contributed by atoms with Crippen LogP contribution in [0.4, 0.5) is 10.8 Å². The van der Waals surface area contributed by atoms with Crippen LogP contribution >= 0.6 is 34.3 Å². The summed E-state index contributed by atoms with van der Waals surface area (Å²) in [6.07, 6.45) is 1.95. The van der Waals surface area contributed by atoms with E-state index in [0.29, 0.717) is 32.2 Å². The first-order valence-corrected chi connectivity index (χ1v) is 10.9. The average molecular weight is 435 g/mol. The zero-order chi connectivity index (χ0) is 20.1. The van der Waals surface area contributed by atoms with Crippen molar-refractivity contribution in [1.82, 2.24) is 10.2 Å². The van der Waals surface area contributed by atoms with Gasteiger partial charge in [-0.05, 0) is 42.5 Å². The van der Waals surface area contributed by atoms with E-state index in [1.165, 1.54) is 22.7 Å². The lowest BCUT2D eigenvalue weighted by atomic mass is 10.1. The van der Waals surface area contributed by atoms with E-state index in [9.17, 15) is 9.59 Å². The van der Waals surface area contributed by atoms with Crippen molar-refractivity contribution in [2.24, 2.45) is 0 Å². The molecule has 0 radical (unpaired) electrons. The fourth-order valence-corrected chi connectivity index (χ4v) is 4.40. The molecule has 0 fully saturated rings. The maximum atomic E-state index is 12.6. The van der Waals surface area contributed by atoms with Crippen molar-refractivity contribution in [3.63, 3.8) is 0 Å². The smallest absolute Gasteiger partial charge is 0.265 e. The van der Waals surface area contributed by atoms with E-state index in [4.69, 9.17) is 11.6 Å². The Bertz CT molecular complexity index is 968. The summed E-state index contributed by atoms with van der Waals surface area (Å²) in [4.78, 5) is 25.4. The van der Waals surface area contributed by atoms with Gasteiger partial charge in [-0.3, -0.25) is 14.9 Å². The van der Waals surface area contributed by atoms with Crippen molar-refractivity contribution >= 4 is 56.9 Å². The number of anilines is 2. The fourth-order valence-electron chi connectivity index (χ4n) is 2.61. The van der Waals surface area contributed by atoms with Crippen LogP contribution in [0.2, 0.25) is 5.02 Å². The molecule has 3 aromatic rings. The second-order valence-corrected chi connectivity index (χ2v) is 8.40. The molecule has 0 bridgehead atoms. The Morgan fingerprint density at radius 1 is 1.11 bits per heavy atom. The number of halogens is 1. The fraction of sp³-hybridized carbons (Fsp3) is 0.263. The summed E-state index contributed by atoms with van der Waals surface area (Å²) in [5.74, 6) is -0.262. The van der Waals surface area contributed by atoms with Gasteiger partial charge < -0.3 is 5.32 Å². The van der Waals surface area contributed by atoms with Gasteiger partial charge in [0.15, 0.2) is 0 Å². The van der Waals surface area contributed by atoms with Crippen LogP contribution in [-0.2, 0) is 0 Å². The SMILES string of the molecule is CCC(CC)c1nnc(NC(=O)c2ccc(Cl)c(NC(=O)c3cccs3)c2)s1. The molecule has 28 heavy (non-hydrogen) atoms. The number of benzene rings is 1. The van der Waals surface area contributed by atoms with Gasteiger partial charge in [-0.2, -0.15) is 0 Å². The molecule has 6 nitrogen and oxygen atoms in total. The number of rotatable bonds is 7. The molecule has 2 amide bonds. The van der Waals surface area contributed by atoms with Crippen molar-refractivity contribution in [2.75, 3.05) is 10.6 Å². The number of carbonyl (C=O) groups excluding carboxylic acids is 2. The highest BCUT2D eigenvalue weighted by Crippen LogP contribution is 2.29. The summed E-state index contributed by atoms with van der Waals surface area (Å²) in [5.41, 5.74) is 0.743. The first kappa shape index (κ1) is 20.4. The molecule has 9 heteroatoms. The van der Waals surface area contributed by atoms with Crippen LogP contribution in [0.25, 0.3) is 0 Å². The molecular formula is C19H19ClN4O2S2. The van der Waals surface area contributed by atoms with Crippen LogP contribution in [0.5, 0.6) is 0 Å². The molecule has 2 heterocycles.